The molecule has 1 saturated carbocycles. The number of hydrogen-bond acceptors (Lipinski definition) is 3. The minimum absolute atomic E-state index is 0.0915. The van der Waals surface area contributed by atoms with Crippen LogP contribution in [0.3, 0.4) is 0 Å². The fourth-order valence-corrected chi connectivity index (χ4v) is 3.19. The number of carboxylic acids is 1. The maximum atomic E-state index is 11.6. The average molecular weight is 269 g/mol. The first-order valence-corrected chi connectivity index (χ1v) is 7.40. The lowest BCUT2D eigenvalue weighted by Gasteiger charge is -2.05. The molecule has 2 N–H and O–H groups in total. The van der Waals surface area contributed by atoms with E-state index in [9.17, 15) is 13.2 Å². The second-order valence-electron chi connectivity index (χ2n) is 4.44. The van der Waals surface area contributed by atoms with Gasteiger partial charge in [-0.1, -0.05) is 30.3 Å². The van der Waals surface area contributed by atoms with Crippen LogP contribution in [0.2, 0.25) is 0 Å². The normalized spacial score (nSPS) is 22.7. The van der Waals surface area contributed by atoms with E-state index in [0.29, 0.717) is 0 Å². The fourth-order valence-electron chi connectivity index (χ4n) is 1.91. The fraction of sp³-hybridized carbons (Fsp3) is 0.417. The minimum Gasteiger partial charge on any atom is -0.481 e. The summed E-state index contributed by atoms with van der Waals surface area (Å²) >= 11 is 0. The third-order valence-electron chi connectivity index (χ3n) is 2.93. The Balaban J connectivity index is 1.88. The third kappa shape index (κ3) is 3.54. The summed E-state index contributed by atoms with van der Waals surface area (Å²) in [5.41, 5.74) is 1.11. The first-order valence-electron chi connectivity index (χ1n) is 5.75. The molecule has 0 aromatic heterocycles. The zero-order valence-electron chi connectivity index (χ0n) is 9.74. The molecule has 0 spiro atoms. The van der Waals surface area contributed by atoms with Crippen LogP contribution in [0.4, 0.5) is 0 Å². The first-order chi connectivity index (χ1) is 8.48. The molecular formula is C12H15NO4S. The number of hydrogen-bond donors (Lipinski definition) is 2. The molecule has 18 heavy (non-hydrogen) atoms. The van der Waals surface area contributed by atoms with Crippen LogP contribution in [-0.4, -0.2) is 31.3 Å². The summed E-state index contributed by atoms with van der Waals surface area (Å²) in [7, 11) is -3.49. The zero-order valence-corrected chi connectivity index (χ0v) is 10.6. The van der Waals surface area contributed by atoms with Crippen LogP contribution in [-0.2, 0) is 14.8 Å². The molecule has 0 amide bonds. The molecule has 0 heterocycles. The summed E-state index contributed by atoms with van der Waals surface area (Å²) in [6.45, 7) is 0. The van der Waals surface area contributed by atoms with Gasteiger partial charge in [-0.15, -0.1) is 0 Å². The Morgan fingerprint density at radius 1 is 1.33 bits per heavy atom. The summed E-state index contributed by atoms with van der Waals surface area (Å²) in [6.07, 6.45) is 0.411. The lowest BCUT2D eigenvalue weighted by Crippen LogP contribution is -2.30. The molecule has 1 fully saturated rings. The van der Waals surface area contributed by atoms with Gasteiger partial charge in [0.05, 0.1) is 12.2 Å². The largest absolute Gasteiger partial charge is 0.481 e. The van der Waals surface area contributed by atoms with Crippen molar-refractivity contribution >= 4 is 16.0 Å². The van der Waals surface area contributed by atoms with Gasteiger partial charge >= 0.3 is 5.97 Å². The molecule has 0 bridgehead atoms. The maximum absolute atomic E-state index is 11.6. The van der Waals surface area contributed by atoms with E-state index in [1.807, 2.05) is 30.3 Å². The van der Waals surface area contributed by atoms with Crippen LogP contribution in [0, 0.1) is 0 Å². The average Bonchev–Trinajstić information content (AvgIpc) is 3.06. The predicted octanol–water partition coefficient (Wildman–Crippen LogP) is 0.937. The quantitative estimate of drug-likeness (QED) is 0.805. The number of benzene rings is 1. The molecule has 1 aromatic carbocycles. The van der Waals surface area contributed by atoms with Gasteiger partial charge in [0.1, 0.15) is 0 Å². The van der Waals surface area contributed by atoms with Crippen LogP contribution in [0.15, 0.2) is 30.3 Å². The molecule has 98 valence electrons. The second kappa shape index (κ2) is 5.07. The molecule has 1 aromatic rings. The molecule has 2 rings (SSSR count). The van der Waals surface area contributed by atoms with Crippen LogP contribution in [0.5, 0.6) is 0 Å². The van der Waals surface area contributed by atoms with Gasteiger partial charge in [-0.3, -0.25) is 4.79 Å². The topological polar surface area (TPSA) is 83.5 Å². The lowest BCUT2D eigenvalue weighted by molar-refractivity contribution is -0.136. The van der Waals surface area contributed by atoms with E-state index in [-0.39, 0.29) is 24.1 Å². The number of nitrogens with one attached hydrogen (secondary N) is 1. The van der Waals surface area contributed by atoms with Crippen molar-refractivity contribution in [3.05, 3.63) is 35.9 Å². The van der Waals surface area contributed by atoms with Crippen LogP contribution in [0.25, 0.3) is 0 Å². The SMILES string of the molecule is O=C(O)CCS(=O)(=O)NC1CC1c1ccccc1. The Hall–Kier alpha value is -1.40. The molecule has 2 unspecified atom stereocenters. The molecule has 1 aliphatic carbocycles. The Kier molecular flexibility index (Phi) is 3.68. The first kappa shape index (κ1) is 13.0. The van der Waals surface area contributed by atoms with Crippen molar-refractivity contribution < 1.29 is 18.3 Å². The van der Waals surface area contributed by atoms with Crippen molar-refractivity contribution in [1.29, 1.82) is 0 Å². The van der Waals surface area contributed by atoms with Crippen molar-refractivity contribution in [2.45, 2.75) is 24.8 Å². The maximum Gasteiger partial charge on any atom is 0.304 e. The van der Waals surface area contributed by atoms with E-state index in [4.69, 9.17) is 5.11 Å². The van der Waals surface area contributed by atoms with E-state index >= 15 is 0 Å². The Morgan fingerprint density at radius 3 is 2.61 bits per heavy atom. The molecule has 0 radical (unpaired) electrons. The van der Waals surface area contributed by atoms with Gasteiger partial charge in [-0.2, -0.15) is 0 Å². The molecular weight excluding hydrogens is 254 g/mol. The van der Waals surface area contributed by atoms with Crippen molar-refractivity contribution in [2.75, 3.05) is 5.75 Å². The molecule has 0 saturated heterocycles. The van der Waals surface area contributed by atoms with E-state index in [2.05, 4.69) is 4.72 Å². The molecule has 0 aliphatic heterocycles. The van der Waals surface area contributed by atoms with Crippen molar-refractivity contribution in [3.63, 3.8) is 0 Å². The predicted molar refractivity (Wildman–Crippen MR) is 66.8 cm³/mol. The molecule has 2 atom stereocenters. The number of aliphatic carboxylic acids is 1. The van der Waals surface area contributed by atoms with Crippen LogP contribution < -0.4 is 4.72 Å². The molecule has 1 aliphatic rings. The zero-order chi connectivity index (χ0) is 13.2. The van der Waals surface area contributed by atoms with Gasteiger partial charge in [-0.05, 0) is 12.0 Å². The summed E-state index contributed by atoms with van der Waals surface area (Å²) in [5.74, 6) is -1.25. The molecule has 6 heteroatoms. The van der Waals surface area contributed by atoms with Gasteiger partial charge in [-0.25, -0.2) is 13.1 Å². The van der Waals surface area contributed by atoms with Gasteiger partial charge < -0.3 is 5.11 Å². The summed E-state index contributed by atoms with van der Waals surface area (Å²) < 4.78 is 25.7. The highest BCUT2D eigenvalue weighted by atomic mass is 32.2. The van der Waals surface area contributed by atoms with Gasteiger partial charge in [0.15, 0.2) is 0 Å². The number of rotatable bonds is 6. The second-order valence-corrected chi connectivity index (χ2v) is 6.31. The standard InChI is InChI=1S/C12H15NO4S/c14-12(15)6-7-18(16,17)13-11-8-10(11)9-4-2-1-3-5-9/h1-5,10-11,13H,6-8H2,(H,14,15). The van der Waals surface area contributed by atoms with Gasteiger partial charge in [0.25, 0.3) is 0 Å². The Morgan fingerprint density at radius 2 is 2.00 bits per heavy atom. The van der Waals surface area contributed by atoms with E-state index < -0.39 is 16.0 Å². The number of sulfonamides is 1. The van der Waals surface area contributed by atoms with Gasteiger partial charge in [0, 0.05) is 12.0 Å². The number of carboxylic acid groups (broad SMARTS) is 1. The highest BCUT2D eigenvalue weighted by Gasteiger charge is 2.40. The van der Waals surface area contributed by atoms with Gasteiger partial charge in [0.2, 0.25) is 10.0 Å². The van der Waals surface area contributed by atoms with Crippen molar-refractivity contribution in [1.82, 2.24) is 4.72 Å². The molecule has 5 nitrogen and oxygen atoms in total. The smallest absolute Gasteiger partial charge is 0.304 e. The van der Waals surface area contributed by atoms with E-state index in [0.717, 1.165) is 12.0 Å². The number of carbonyl (C=O) groups is 1. The lowest BCUT2D eigenvalue weighted by atomic mass is 10.1. The Bertz CT molecular complexity index is 526. The summed E-state index contributed by atoms with van der Waals surface area (Å²) in [4.78, 5) is 10.3. The highest BCUT2D eigenvalue weighted by Crippen LogP contribution is 2.40. The monoisotopic (exact) mass is 269 g/mol. The van der Waals surface area contributed by atoms with Crippen molar-refractivity contribution in [3.8, 4) is 0 Å². The minimum atomic E-state index is -3.49. The van der Waals surface area contributed by atoms with Crippen LogP contribution in [0.1, 0.15) is 24.3 Å². The third-order valence-corrected chi connectivity index (χ3v) is 4.34. The summed E-state index contributed by atoms with van der Waals surface area (Å²) in [6, 6.07) is 9.60. The highest BCUT2D eigenvalue weighted by molar-refractivity contribution is 7.89. The summed E-state index contributed by atoms with van der Waals surface area (Å²) in [5, 5.41) is 8.46. The van der Waals surface area contributed by atoms with E-state index in [1.54, 1.807) is 0 Å². The Labute approximate surface area is 106 Å². The van der Waals surface area contributed by atoms with Crippen LogP contribution >= 0.6 is 0 Å². The van der Waals surface area contributed by atoms with E-state index in [1.165, 1.54) is 0 Å². The van der Waals surface area contributed by atoms with Crippen molar-refractivity contribution in [2.24, 2.45) is 0 Å².